The van der Waals surface area contributed by atoms with Gasteiger partial charge in [-0.25, -0.2) is 4.98 Å². The summed E-state index contributed by atoms with van der Waals surface area (Å²) in [6.45, 7) is 3.92. The first-order chi connectivity index (χ1) is 8.11. The lowest BCUT2D eigenvalue weighted by atomic mass is 10.1. The van der Waals surface area contributed by atoms with Crippen molar-refractivity contribution in [3.63, 3.8) is 0 Å². The Morgan fingerprint density at radius 1 is 1.29 bits per heavy atom. The van der Waals surface area contributed by atoms with E-state index >= 15 is 0 Å². The number of nitrogens with zero attached hydrogens (tertiary/aromatic N) is 1. The van der Waals surface area contributed by atoms with Crippen molar-refractivity contribution in [1.29, 1.82) is 0 Å². The Morgan fingerprint density at radius 3 is 2.47 bits per heavy atom. The number of hydrogen-bond donors (Lipinski definition) is 1. The molecule has 1 N–H and O–H groups in total. The van der Waals surface area contributed by atoms with Crippen LogP contribution >= 0.6 is 15.9 Å². The van der Waals surface area contributed by atoms with E-state index in [1.807, 2.05) is 31.2 Å². The van der Waals surface area contributed by atoms with E-state index in [1.165, 1.54) is 5.56 Å². The Bertz CT molecular complexity index is 587. The summed E-state index contributed by atoms with van der Waals surface area (Å²) in [5, 5.41) is 0. The average Bonchev–Trinajstić information content (AvgIpc) is 2.35. The predicted molar refractivity (Wildman–Crippen MR) is 72.1 cm³/mol. The number of benzene rings is 1. The smallest absolute Gasteiger partial charge is 0.265 e. The van der Waals surface area contributed by atoms with E-state index in [0.717, 1.165) is 12.0 Å². The van der Waals surface area contributed by atoms with Gasteiger partial charge < -0.3 is 4.98 Å². The summed E-state index contributed by atoms with van der Waals surface area (Å²) in [5.41, 5.74) is 2.75. The van der Waals surface area contributed by atoms with Crippen molar-refractivity contribution < 1.29 is 0 Å². The third-order valence-electron chi connectivity index (χ3n) is 2.66. The largest absolute Gasteiger partial charge is 0.306 e. The van der Waals surface area contributed by atoms with Gasteiger partial charge in [-0.15, -0.1) is 0 Å². The number of aryl methyl sites for hydroxylation is 2. The van der Waals surface area contributed by atoms with Crippen LogP contribution in [0.15, 0.2) is 33.5 Å². The van der Waals surface area contributed by atoms with Crippen LogP contribution in [0, 0.1) is 6.92 Å². The first kappa shape index (κ1) is 12.0. The molecule has 17 heavy (non-hydrogen) atoms. The minimum atomic E-state index is -0.146. The summed E-state index contributed by atoms with van der Waals surface area (Å²) in [4.78, 5) is 18.7. The molecule has 0 radical (unpaired) electrons. The highest BCUT2D eigenvalue weighted by Crippen LogP contribution is 2.17. The molecule has 0 saturated carbocycles. The normalized spacial score (nSPS) is 10.5. The molecule has 1 aromatic heterocycles. The van der Waals surface area contributed by atoms with Crippen molar-refractivity contribution >= 4 is 15.9 Å². The van der Waals surface area contributed by atoms with Crippen LogP contribution in [0.25, 0.3) is 11.4 Å². The monoisotopic (exact) mass is 292 g/mol. The van der Waals surface area contributed by atoms with Crippen LogP contribution in [0.5, 0.6) is 0 Å². The van der Waals surface area contributed by atoms with Gasteiger partial charge in [0.25, 0.3) is 5.56 Å². The summed E-state index contributed by atoms with van der Waals surface area (Å²) < 4.78 is 0.492. The van der Waals surface area contributed by atoms with Crippen molar-refractivity contribution in [3.05, 3.63) is 50.3 Å². The molecule has 0 spiro atoms. The van der Waals surface area contributed by atoms with E-state index in [1.54, 1.807) is 0 Å². The molecule has 2 rings (SSSR count). The lowest BCUT2D eigenvalue weighted by molar-refractivity contribution is 1.05. The molecule has 0 saturated heterocycles. The van der Waals surface area contributed by atoms with E-state index in [9.17, 15) is 4.79 Å². The molecule has 0 bridgehead atoms. The van der Waals surface area contributed by atoms with E-state index in [4.69, 9.17) is 0 Å². The van der Waals surface area contributed by atoms with Crippen LogP contribution in [0.1, 0.15) is 18.2 Å². The molecule has 2 aromatic rings. The Kier molecular flexibility index (Phi) is 3.43. The number of aromatic nitrogens is 2. The average molecular weight is 293 g/mol. The SMILES string of the molecule is CCc1ccc(-c2nc(C)c(Br)c(=O)[nH]2)cc1. The predicted octanol–water partition coefficient (Wildman–Crippen LogP) is 3.07. The summed E-state index contributed by atoms with van der Waals surface area (Å²) in [6.07, 6.45) is 1.00. The molecule has 0 aliphatic carbocycles. The minimum Gasteiger partial charge on any atom is -0.306 e. The summed E-state index contributed by atoms with van der Waals surface area (Å²) in [5.74, 6) is 0.610. The van der Waals surface area contributed by atoms with Gasteiger partial charge >= 0.3 is 0 Å². The lowest BCUT2D eigenvalue weighted by Crippen LogP contribution is -2.11. The zero-order valence-electron chi connectivity index (χ0n) is 9.75. The van der Waals surface area contributed by atoms with Gasteiger partial charge in [0.15, 0.2) is 0 Å². The molecule has 0 amide bonds. The highest BCUT2D eigenvalue weighted by molar-refractivity contribution is 9.10. The van der Waals surface area contributed by atoms with E-state index in [2.05, 4.69) is 32.8 Å². The van der Waals surface area contributed by atoms with Gasteiger partial charge in [0.2, 0.25) is 0 Å². The molecule has 4 heteroatoms. The maximum absolute atomic E-state index is 11.6. The first-order valence-corrected chi connectivity index (χ1v) is 6.27. The first-order valence-electron chi connectivity index (χ1n) is 5.47. The molecule has 0 aliphatic rings. The van der Waals surface area contributed by atoms with Crippen LogP contribution < -0.4 is 5.56 Å². The second-order valence-electron chi connectivity index (χ2n) is 3.86. The third kappa shape index (κ3) is 2.47. The van der Waals surface area contributed by atoms with Crippen molar-refractivity contribution in [2.75, 3.05) is 0 Å². The number of aromatic amines is 1. The van der Waals surface area contributed by atoms with Gasteiger partial charge in [0.1, 0.15) is 10.3 Å². The minimum absolute atomic E-state index is 0.146. The molecule has 0 fully saturated rings. The van der Waals surface area contributed by atoms with Crippen LogP contribution in [0.4, 0.5) is 0 Å². The topological polar surface area (TPSA) is 45.8 Å². The number of nitrogens with one attached hydrogen (secondary N) is 1. The summed E-state index contributed by atoms with van der Waals surface area (Å²) in [7, 11) is 0. The zero-order valence-corrected chi connectivity index (χ0v) is 11.3. The molecular weight excluding hydrogens is 280 g/mol. The molecule has 1 aromatic carbocycles. The van der Waals surface area contributed by atoms with E-state index < -0.39 is 0 Å². The number of halogens is 1. The Balaban J connectivity index is 2.49. The van der Waals surface area contributed by atoms with Crippen LogP contribution in [-0.4, -0.2) is 9.97 Å². The van der Waals surface area contributed by atoms with Gasteiger partial charge in [-0.1, -0.05) is 31.2 Å². The highest BCUT2D eigenvalue weighted by Gasteiger charge is 2.06. The second-order valence-corrected chi connectivity index (χ2v) is 4.66. The maximum Gasteiger partial charge on any atom is 0.265 e. The maximum atomic E-state index is 11.6. The molecule has 1 heterocycles. The van der Waals surface area contributed by atoms with E-state index in [0.29, 0.717) is 16.0 Å². The third-order valence-corrected chi connectivity index (χ3v) is 3.60. The number of H-pyrrole nitrogens is 1. The Morgan fingerprint density at radius 2 is 1.94 bits per heavy atom. The van der Waals surface area contributed by atoms with Crippen LogP contribution in [0.3, 0.4) is 0 Å². The fourth-order valence-corrected chi connectivity index (χ4v) is 1.79. The zero-order chi connectivity index (χ0) is 12.4. The number of hydrogen-bond acceptors (Lipinski definition) is 2. The van der Waals surface area contributed by atoms with Crippen molar-refractivity contribution in [2.45, 2.75) is 20.3 Å². The van der Waals surface area contributed by atoms with Gasteiger partial charge in [0, 0.05) is 5.56 Å². The van der Waals surface area contributed by atoms with E-state index in [-0.39, 0.29) is 5.56 Å². The molecular formula is C13H13BrN2O. The highest BCUT2D eigenvalue weighted by atomic mass is 79.9. The molecule has 3 nitrogen and oxygen atoms in total. The molecule has 0 aliphatic heterocycles. The fourth-order valence-electron chi connectivity index (χ4n) is 1.61. The second kappa shape index (κ2) is 4.84. The standard InChI is InChI=1S/C13H13BrN2O/c1-3-9-4-6-10(7-5-9)12-15-8(2)11(14)13(17)16-12/h4-7H,3H2,1-2H3,(H,15,16,17). The van der Waals surface area contributed by atoms with Gasteiger partial charge in [-0.05, 0) is 34.8 Å². The molecule has 0 atom stereocenters. The number of rotatable bonds is 2. The van der Waals surface area contributed by atoms with Gasteiger partial charge in [-0.2, -0.15) is 0 Å². The fraction of sp³-hybridized carbons (Fsp3) is 0.231. The van der Waals surface area contributed by atoms with Crippen LogP contribution in [0.2, 0.25) is 0 Å². The summed E-state index contributed by atoms with van der Waals surface area (Å²) in [6, 6.07) is 8.05. The summed E-state index contributed by atoms with van der Waals surface area (Å²) >= 11 is 3.20. The quantitative estimate of drug-likeness (QED) is 0.925. The lowest BCUT2D eigenvalue weighted by Gasteiger charge is -2.04. The van der Waals surface area contributed by atoms with Crippen molar-refractivity contribution in [1.82, 2.24) is 9.97 Å². The molecule has 0 unspecified atom stereocenters. The van der Waals surface area contributed by atoms with Crippen LogP contribution in [-0.2, 0) is 6.42 Å². The van der Waals surface area contributed by atoms with Crippen molar-refractivity contribution in [3.8, 4) is 11.4 Å². The Hall–Kier alpha value is -1.42. The van der Waals surface area contributed by atoms with Gasteiger partial charge in [0.05, 0.1) is 5.69 Å². The van der Waals surface area contributed by atoms with Crippen molar-refractivity contribution in [2.24, 2.45) is 0 Å². The Labute approximate surface area is 108 Å². The molecule has 88 valence electrons. The van der Waals surface area contributed by atoms with Gasteiger partial charge in [-0.3, -0.25) is 4.79 Å².